The van der Waals surface area contributed by atoms with Crippen molar-refractivity contribution >= 4 is 5.69 Å². The van der Waals surface area contributed by atoms with Crippen molar-refractivity contribution in [1.29, 1.82) is 0 Å². The highest BCUT2D eigenvalue weighted by atomic mass is 19.1. The van der Waals surface area contributed by atoms with E-state index < -0.39 is 0 Å². The van der Waals surface area contributed by atoms with Gasteiger partial charge in [0.05, 0.1) is 5.69 Å². The number of para-hydroxylation sites is 1. The molecule has 0 heterocycles. The SMILES string of the molecule is CN(CCCCCNC(C)(C)C)c1ccccc1F. The van der Waals surface area contributed by atoms with Crippen LogP contribution in [-0.2, 0) is 0 Å². The lowest BCUT2D eigenvalue weighted by atomic mass is 10.1. The second-order valence-electron chi connectivity index (χ2n) is 6.11. The first kappa shape index (κ1) is 16.0. The molecule has 0 radical (unpaired) electrons. The van der Waals surface area contributed by atoms with Crippen LogP contribution in [0.25, 0.3) is 0 Å². The minimum atomic E-state index is -0.139. The van der Waals surface area contributed by atoms with Crippen LogP contribution in [0.4, 0.5) is 10.1 Å². The van der Waals surface area contributed by atoms with E-state index in [0.717, 1.165) is 19.5 Å². The fraction of sp³-hybridized carbons (Fsp3) is 0.625. The third kappa shape index (κ3) is 6.58. The van der Waals surface area contributed by atoms with Crippen LogP contribution < -0.4 is 10.2 Å². The molecule has 3 heteroatoms. The maximum absolute atomic E-state index is 13.5. The lowest BCUT2D eigenvalue weighted by Crippen LogP contribution is -2.36. The van der Waals surface area contributed by atoms with Gasteiger partial charge in [-0.05, 0) is 52.3 Å². The number of benzene rings is 1. The van der Waals surface area contributed by atoms with Crippen molar-refractivity contribution < 1.29 is 4.39 Å². The van der Waals surface area contributed by atoms with Crippen molar-refractivity contribution in [2.45, 2.75) is 45.6 Å². The molecule has 1 aromatic carbocycles. The fourth-order valence-corrected chi connectivity index (χ4v) is 2.00. The van der Waals surface area contributed by atoms with Gasteiger partial charge >= 0.3 is 0 Å². The van der Waals surface area contributed by atoms with Crippen molar-refractivity contribution in [1.82, 2.24) is 5.32 Å². The average Bonchev–Trinajstić information content (AvgIpc) is 2.32. The molecule has 0 aliphatic heterocycles. The Kier molecular flexibility index (Phi) is 6.29. The molecule has 2 nitrogen and oxygen atoms in total. The highest BCUT2D eigenvalue weighted by molar-refractivity contribution is 5.46. The van der Waals surface area contributed by atoms with Gasteiger partial charge in [0, 0.05) is 19.1 Å². The summed E-state index contributed by atoms with van der Waals surface area (Å²) in [5.41, 5.74) is 0.888. The fourth-order valence-electron chi connectivity index (χ4n) is 2.00. The molecular formula is C16H27FN2. The standard InChI is InChI=1S/C16H27FN2/c1-16(2,3)18-12-8-5-9-13-19(4)15-11-7-6-10-14(15)17/h6-7,10-11,18H,5,8-9,12-13H2,1-4H3. The molecule has 0 saturated heterocycles. The van der Waals surface area contributed by atoms with E-state index in [1.165, 1.54) is 18.9 Å². The molecular weight excluding hydrogens is 239 g/mol. The minimum Gasteiger partial charge on any atom is -0.372 e. The van der Waals surface area contributed by atoms with Crippen LogP contribution in [0.15, 0.2) is 24.3 Å². The van der Waals surface area contributed by atoms with Crippen LogP contribution in [0.5, 0.6) is 0 Å². The summed E-state index contributed by atoms with van der Waals surface area (Å²) in [7, 11) is 1.95. The molecule has 0 saturated carbocycles. The van der Waals surface area contributed by atoms with Gasteiger partial charge in [-0.15, -0.1) is 0 Å². The van der Waals surface area contributed by atoms with Gasteiger partial charge in [-0.25, -0.2) is 4.39 Å². The zero-order valence-electron chi connectivity index (χ0n) is 12.7. The number of halogens is 1. The van der Waals surface area contributed by atoms with Gasteiger partial charge in [-0.3, -0.25) is 0 Å². The number of hydrogen-bond donors (Lipinski definition) is 1. The lowest BCUT2D eigenvalue weighted by molar-refractivity contribution is 0.417. The summed E-state index contributed by atoms with van der Waals surface area (Å²) < 4.78 is 13.5. The third-order valence-electron chi connectivity index (χ3n) is 3.09. The molecule has 19 heavy (non-hydrogen) atoms. The molecule has 1 rings (SSSR count). The minimum absolute atomic E-state index is 0.139. The van der Waals surface area contributed by atoms with Gasteiger partial charge in [0.2, 0.25) is 0 Å². The van der Waals surface area contributed by atoms with Crippen LogP contribution in [0.2, 0.25) is 0 Å². The number of nitrogens with zero attached hydrogens (tertiary/aromatic N) is 1. The summed E-state index contributed by atoms with van der Waals surface area (Å²) in [6, 6.07) is 6.95. The van der Waals surface area contributed by atoms with Gasteiger partial charge in [0.1, 0.15) is 5.82 Å². The molecule has 108 valence electrons. The molecule has 0 atom stereocenters. The smallest absolute Gasteiger partial charge is 0.146 e. The molecule has 0 aliphatic rings. The molecule has 1 N–H and O–H groups in total. The summed E-state index contributed by atoms with van der Waals surface area (Å²) in [4.78, 5) is 1.99. The predicted octanol–water partition coefficient (Wildman–Crippen LogP) is 3.82. The molecule has 0 amide bonds. The normalized spacial score (nSPS) is 11.6. The van der Waals surface area contributed by atoms with E-state index in [1.54, 1.807) is 6.07 Å². The van der Waals surface area contributed by atoms with Crippen LogP contribution in [-0.4, -0.2) is 25.7 Å². The summed E-state index contributed by atoms with van der Waals surface area (Å²) in [6.45, 7) is 8.49. The first-order valence-corrected chi connectivity index (χ1v) is 7.11. The van der Waals surface area contributed by atoms with E-state index in [0.29, 0.717) is 5.69 Å². The maximum atomic E-state index is 13.5. The molecule has 0 spiro atoms. The van der Waals surface area contributed by atoms with E-state index in [4.69, 9.17) is 0 Å². The molecule has 0 fully saturated rings. The second kappa shape index (κ2) is 7.49. The summed E-state index contributed by atoms with van der Waals surface area (Å²) in [6.07, 6.45) is 3.43. The average molecular weight is 266 g/mol. The Balaban J connectivity index is 2.18. The molecule has 0 aromatic heterocycles. The lowest BCUT2D eigenvalue weighted by Gasteiger charge is -2.21. The molecule has 0 aliphatic carbocycles. The predicted molar refractivity (Wildman–Crippen MR) is 81.3 cm³/mol. The second-order valence-corrected chi connectivity index (χ2v) is 6.11. The van der Waals surface area contributed by atoms with Gasteiger partial charge in [0.15, 0.2) is 0 Å². The van der Waals surface area contributed by atoms with Crippen molar-refractivity contribution in [2.24, 2.45) is 0 Å². The van der Waals surface area contributed by atoms with Crippen molar-refractivity contribution in [3.8, 4) is 0 Å². The highest BCUT2D eigenvalue weighted by Crippen LogP contribution is 2.17. The Morgan fingerprint density at radius 1 is 1.11 bits per heavy atom. The van der Waals surface area contributed by atoms with Crippen molar-refractivity contribution in [2.75, 3.05) is 25.0 Å². The first-order chi connectivity index (χ1) is 8.90. The Bertz CT molecular complexity index is 371. The van der Waals surface area contributed by atoms with Crippen LogP contribution in [0.3, 0.4) is 0 Å². The van der Waals surface area contributed by atoms with Gasteiger partial charge < -0.3 is 10.2 Å². The highest BCUT2D eigenvalue weighted by Gasteiger charge is 2.08. The van der Waals surface area contributed by atoms with E-state index in [2.05, 4.69) is 26.1 Å². The van der Waals surface area contributed by atoms with Crippen LogP contribution in [0.1, 0.15) is 40.0 Å². The number of anilines is 1. The van der Waals surface area contributed by atoms with Gasteiger partial charge in [-0.1, -0.05) is 18.6 Å². The third-order valence-corrected chi connectivity index (χ3v) is 3.09. The van der Waals surface area contributed by atoms with Crippen molar-refractivity contribution in [3.63, 3.8) is 0 Å². The number of rotatable bonds is 7. The summed E-state index contributed by atoms with van der Waals surface area (Å²) in [5, 5.41) is 3.48. The zero-order valence-corrected chi connectivity index (χ0v) is 12.7. The Hall–Kier alpha value is -1.09. The maximum Gasteiger partial charge on any atom is 0.146 e. The van der Waals surface area contributed by atoms with E-state index in [1.807, 2.05) is 24.1 Å². The van der Waals surface area contributed by atoms with Gasteiger partial charge in [0.25, 0.3) is 0 Å². The number of nitrogens with one attached hydrogen (secondary N) is 1. The van der Waals surface area contributed by atoms with Crippen LogP contribution in [0, 0.1) is 5.82 Å². The largest absolute Gasteiger partial charge is 0.372 e. The van der Waals surface area contributed by atoms with E-state index in [9.17, 15) is 4.39 Å². The topological polar surface area (TPSA) is 15.3 Å². The Morgan fingerprint density at radius 2 is 1.79 bits per heavy atom. The number of unbranched alkanes of at least 4 members (excludes halogenated alkanes) is 2. The molecule has 1 aromatic rings. The van der Waals surface area contributed by atoms with Crippen molar-refractivity contribution in [3.05, 3.63) is 30.1 Å². The Morgan fingerprint density at radius 3 is 2.42 bits per heavy atom. The van der Waals surface area contributed by atoms with Crippen LogP contribution >= 0.6 is 0 Å². The summed E-state index contributed by atoms with van der Waals surface area (Å²) in [5.74, 6) is -0.139. The molecule has 0 bridgehead atoms. The quantitative estimate of drug-likeness (QED) is 0.755. The Labute approximate surface area is 117 Å². The summed E-state index contributed by atoms with van der Waals surface area (Å²) >= 11 is 0. The first-order valence-electron chi connectivity index (χ1n) is 7.11. The van der Waals surface area contributed by atoms with Gasteiger partial charge in [-0.2, -0.15) is 0 Å². The van der Waals surface area contributed by atoms with E-state index >= 15 is 0 Å². The molecule has 0 unspecified atom stereocenters. The number of hydrogen-bond acceptors (Lipinski definition) is 2. The monoisotopic (exact) mass is 266 g/mol. The zero-order chi connectivity index (χ0) is 14.3. The van der Waals surface area contributed by atoms with E-state index in [-0.39, 0.29) is 11.4 Å².